The number of alkyl halides is 1. The van der Waals surface area contributed by atoms with Gasteiger partial charge in [0.05, 0.1) is 4.05 Å². The van der Waals surface area contributed by atoms with Gasteiger partial charge in [0.1, 0.15) is 0 Å². The molecule has 9 heavy (non-hydrogen) atoms. The highest BCUT2D eigenvalue weighted by Crippen LogP contribution is 1.90. The lowest BCUT2D eigenvalue weighted by Gasteiger charge is -2.09. The second kappa shape index (κ2) is 4.84. The van der Waals surface area contributed by atoms with E-state index in [9.17, 15) is 0 Å². The van der Waals surface area contributed by atoms with Crippen LogP contribution in [-0.4, -0.2) is 16.6 Å². The lowest BCUT2D eigenvalue weighted by Crippen LogP contribution is -2.38. The van der Waals surface area contributed by atoms with Crippen molar-refractivity contribution in [3.63, 3.8) is 0 Å². The molecule has 0 aliphatic rings. The smallest absolute Gasteiger partial charge is 0.189 e. The maximum Gasteiger partial charge on any atom is 0.189 e. The van der Waals surface area contributed by atoms with Crippen LogP contribution < -0.4 is 10.6 Å². The molecule has 3 N–H and O–H groups in total. The molecule has 0 rings (SSSR count). The van der Waals surface area contributed by atoms with Gasteiger partial charge in [-0.1, -0.05) is 22.6 Å². The Balaban J connectivity index is 3.27. The summed E-state index contributed by atoms with van der Waals surface area (Å²) in [6.07, 6.45) is 0. The molecule has 0 amide bonds. The van der Waals surface area contributed by atoms with E-state index >= 15 is 0 Å². The van der Waals surface area contributed by atoms with Crippen molar-refractivity contribution in [3.8, 4) is 0 Å². The molecule has 0 fully saturated rings. The molecule has 0 aliphatic carbocycles. The second-order valence-corrected chi connectivity index (χ2v) is 3.53. The Morgan fingerprint density at radius 3 is 2.67 bits per heavy atom. The van der Waals surface area contributed by atoms with Gasteiger partial charge in [-0.15, -0.1) is 0 Å². The van der Waals surface area contributed by atoms with Crippen LogP contribution in [0.2, 0.25) is 0 Å². The van der Waals surface area contributed by atoms with Crippen molar-refractivity contribution >= 4 is 28.6 Å². The van der Waals surface area contributed by atoms with Gasteiger partial charge in [-0.3, -0.25) is 5.41 Å². The van der Waals surface area contributed by atoms with E-state index in [4.69, 9.17) is 5.41 Å². The number of nitrogens with one attached hydrogen (secondary N) is 3. The summed E-state index contributed by atoms with van der Waals surface area (Å²) in [4.78, 5) is 0. The van der Waals surface area contributed by atoms with E-state index in [1.165, 1.54) is 0 Å². The van der Waals surface area contributed by atoms with Crippen molar-refractivity contribution in [2.45, 2.75) is 17.9 Å². The molecular formula is C5H12IN3. The molecule has 0 spiro atoms. The quantitative estimate of drug-likeness (QED) is 0.221. The number of rotatable bonds is 2. The number of hydrogen-bond donors (Lipinski definition) is 3. The Hall–Kier alpha value is 0. The van der Waals surface area contributed by atoms with Crippen molar-refractivity contribution in [1.82, 2.24) is 10.6 Å². The summed E-state index contributed by atoms with van der Waals surface area (Å²) in [5.74, 6) is 0.402. The number of hydrogen-bond acceptors (Lipinski definition) is 1. The molecule has 0 aromatic rings. The summed E-state index contributed by atoms with van der Waals surface area (Å²) in [6.45, 7) is 4.76. The number of halogens is 1. The van der Waals surface area contributed by atoms with Crippen molar-refractivity contribution in [3.05, 3.63) is 0 Å². The largest absolute Gasteiger partial charge is 0.357 e. The zero-order valence-corrected chi connectivity index (χ0v) is 7.82. The second-order valence-electron chi connectivity index (χ2n) is 1.67. The van der Waals surface area contributed by atoms with E-state index in [1.807, 2.05) is 13.8 Å². The summed E-state index contributed by atoms with van der Waals surface area (Å²) in [5, 5.41) is 12.9. The van der Waals surface area contributed by atoms with Gasteiger partial charge in [-0.25, -0.2) is 0 Å². The summed E-state index contributed by atoms with van der Waals surface area (Å²) >= 11 is 2.21. The van der Waals surface area contributed by atoms with Gasteiger partial charge < -0.3 is 10.6 Å². The van der Waals surface area contributed by atoms with Crippen molar-refractivity contribution in [1.29, 1.82) is 5.41 Å². The number of guanidine groups is 1. The SMILES string of the molecule is CCNC(=N)NC(C)I. The third-order valence-electron chi connectivity index (χ3n) is 0.697. The van der Waals surface area contributed by atoms with Crippen LogP contribution in [-0.2, 0) is 0 Å². The first-order valence-electron chi connectivity index (χ1n) is 2.89. The van der Waals surface area contributed by atoms with E-state index in [-0.39, 0.29) is 0 Å². The normalized spacial score (nSPS) is 12.3. The van der Waals surface area contributed by atoms with Crippen LogP contribution in [0.15, 0.2) is 0 Å². The molecule has 0 radical (unpaired) electrons. The predicted molar refractivity (Wildman–Crippen MR) is 48.0 cm³/mol. The molecule has 3 nitrogen and oxygen atoms in total. The molecule has 1 atom stereocenters. The first-order valence-corrected chi connectivity index (χ1v) is 4.14. The highest BCUT2D eigenvalue weighted by Gasteiger charge is 1.94. The Morgan fingerprint density at radius 2 is 2.33 bits per heavy atom. The van der Waals surface area contributed by atoms with Crippen LogP contribution in [0.4, 0.5) is 0 Å². The minimum atomic E-state index is 0.314. The standard InChI is InChI=1S/C5H12IN3/c1-3-8-5(7)9-4(2)6/h4H,3H2,1-2H3,(H3,7,8,9). The highest BCUT2D eigenvalue weighted by atomic mass is 127. The van der Waals surface area contributed by atoms with Gasteiger partial charge in [0.2, 0.25) is 0 Å². The minimum Gasteiger partial charge on any atom is -0.357 e. The van der Waals surface area contributed by atoms with Gasteiger partial charge in [0.15, 0.2) is 5.96 Å². The Labute approximate surface area is 69.2 Å². The Kier molecular flexibility index (Phi) is 4.84. The lowest BCUT2D eigenvalue weighted by atomic mass is 10.7. The third kappa shape index (κ3) is 5.88. The van der Waals surface area contributed by atoms with E-state index in [2.05, 4.69) is 33.2 Å². The molecular weight excluding hydrogens is 229 g/mol. The van der Waals surface area contributed by atoms with Gasteiger partial charge in [0.25, 0.3) is 0 Å². The van der Waals surface area contributed by atoms with E-state index in [1.54, 1.807) is 0 Å². The molecule has 4 heteroatoms. The molecule has 0 saturated heterocycles. The first kappa shape index (κ1) is 9.00. The van der Waals surface area contributed by atoms with Gasteiger partial charge >= 0.3 is 0 Å². The zero-order valence-electron chi connectivity index (χ0n) is 5.66. The van der Waals surface area contributed by atoms with E-state index in [0.717, 1.165) is 6.54 Å². The molecule has 0 bridgehead atoms. The van der Waals surface area contributed by atoms with Crippen LogP contribution in [0.3, 0.4) is 0 Å². The van der Waals surface area contributed by atoms with Crippen molar-refractivity contribution in [2.24, 2.45) is 0 Å². The van der Waals surface area contributed by atoms with Crippen molar-refractivity contribution in [2.75, 3.05) is 6.54 Å². The van der Waals surface area contributed by atoms with Crippen LogP contribution in [0, 0.1) is 5.41 Å². The summed E-state index contributed by atoms with van der Waals surface area (Å²) < 4.78 is 0.314. The fourth-order valence-corrected chi connectivity index (χ4v) is 0.738. The average Bonchev–Trinajstić information content (AvgIpc) is 1.63. The molecule has 0 aliphatic heterocycles. The fourth-order valence-electron chi connectivity index (χ4n) is 0.427. The highest BCUT2D eigenvalue weighted by molar-refractivity contribution is 14.1. The van der Waals surface area contributed by atoms with Crippen LogP contribution in [0.5, 0.6) is 0 Å². The molecule has 54 valence electrons. The van der Waals surface area contributed by atoms with E-state index in [0.29, 0.717) is 10.0 Å². The molecule has 0 aromatic carbocycles. The lowest BCUT2D eigenvalue weighted by molar-refractivity contribution is 0.834. The Bertz CT molecular complexity index is 92.2. The Morgan fingerprint density at radius 1 is 1.78 bits per heavy atom. The molecule has 1 unspecified atom stereocenters. The fraction of sp³-hybridized carbons (Fsp3) is 0.800. The first-order chi connectivity index (χ1) is 4.16. The van der Waals surface area contributed by atoms with Crippen molar-refractivity contribution < 1.29 is 0 Å². The van der Waals surface area contributed by atoms with Gasteiger partial charge in [0, 0.05) is 6.54 Å². The minimum absolute atomic E-state index is 0.314. The summed E-state index contributed by atoms with van der Waals surface area (Å²) in [6, 6.07) is 0. The van der Waals surface area contributed by atoms with Crippen LogP contribution in [0.1, 0.15) is 13.8 Å². The maximum atomic E-state index is 7.19. The molecule has 0 saturated carbocycles. The predicted octanol–water partition coefficient (Wildman–Crippen LogP) is 0.901. The third-order valence-corrected chi connectivity index (χ3v) is 1.01. The monoisotopic (exact) mass is 241 g/mol. The van der Waals surface area contributed by atoms with Crippen LogP contribution in [0.25, 0.3) is 0 Å². The zero-order chi connectivity index (χ0) is 7.28. The topological polar surface area (TPSA) is 47.9 Å². The summed E-state index contributed by atoms with van der Waals surface area (Å²) in [7, 11) is 0. The molecule has 0 heterocycles. The van der Waals surface area contributed by atoms with Crippen LogP contribution >= 0.6 is 22.6 Å². The molecule has 0 aromatic heterocycles. The van der Waals surface area contributed by atoms with E-state index < -0.39 is 0 Å². The van der Waals surface area contributed by atoms with Gasteiger partial charge in [-0.05, 0) is 13.8 Å². The summed E-state index contributed by atoms with van der Waals surface area (Å²) in [5.41, 5.74) is 0. The average molecular weight is 241 g/mol. The maximum absolute atomic E-state index is 7.19. The van der Waals surface area contributed by atoms with Gasteiger partial charge in [-0.2, -0.15) is 0 Å².